The van der Waals surface area contributed by atoms with Gasteiger partial charge in [0.15, 0.2) is 5.15 Å². The van der Waals surface area contributed by atoms with Crippen molar-refractivity contribution in [1.82, 2.24) is 20.8 Å². The minimum atomic E-state index is -0.182. The quantitative estimate of drug-likeness (QED) is 0.587. The molecule has 3 heterocycles. The summed E-state index contributed by atoms with van der Waals surface area (Å²) in [6.07, 6.45) is 10.5. The molecule has 0 aromatic carbocycles. The molecule has 2 saturated heterocycles. The van der Waals surface area contributed by atoms with Crippen LogP contribution in [0.4, 0.5) is 0 Å². The van der Waals surface area contributed by atoms with Gasteiger partial charge in [0.05, 0.1) is 6.10 Å². The maximum absolute atomic E-state index is 10.5. The molecule has 30 heavy (non-hydrogen) atoms. The van der Waals surface area contributed by atoms with Gasteiger partial charge in [0.25, 0.3) is 0 Å². The molecular formula is C23H37ClN4O2. The van der Waals surface area contributed by atoms with Gasteiger partial charge in [0.2, 0.25) is 5.88 Å². The second kappa shape index (κ2) is 8.53. The molecule has 0 amide bonds. The Morgan fingerprint density at radius 2 is 2.03 bits per heavy atom. The maximum atomic E-state index is 10.5. The highest BCUT2D eigenvalue weighted by Gasteiger charge is 2.51. The topological polar surface area (TPSA) is 79.3 Å². The summed E-state index contributed by atoms with van der Waals surface area (Å²) >= 11 is 5.87. The molecule has 0 spiro atoms. The van der Waals surface area contributed by atoms with Crippen LogP contribution in [-0.4, -0.2) is 51.2 Å². The first-order valence-electron chi connectivity index (χ1n) is 11.6. The highest BCUT2D eigenvalue weighted by molar-refractivity contribution is 6.29. The number of nitrogens with zero attached hydrogens (tertiary/aromatic N) is 2. The monoisotopic (exact) mass is 436 g/mol. The lowest BCUT2D eigenvalue weighted by atomic mass is 9.76. The summed E-state index contributed by atoms with van der Waals surface area (Å²) in [5, 5.41) is 26.5. The van der Waals surface area contributed by atoms with Gasteiger partial charge in [-0.15, -0.1) is 10.2 Å². The number of hydrogen-bond donors (Lipinski definition) is 3. The lowest BCUT2D eigenvalue weighted by Crippen LogP contribution is -2.57. The second-order valence-electron chi connectivity index (χ2n) is 10.6. The molecule has 0 radical (unpaired) electrons. The average molecular weight is 437 g/mol. The van der Waals surface area contributed by atoms with Crippen LogP contribution in [0.3, 0.4) is 0 Å². The summed E-state index contributed by atoms with van der Waals surface area (Å²) in [4.78, 5) is 0. The van der Waals surface area contributed by atoms with E-state index in [2.05, 4.69) is 41.7 Å². The number of ether oxygens (including phenoxy) is 1. The summed E-state index contributed by atoms with van der Waals surface area (Å²) in [5.41, 5.74) is 0.209. The third kappa shape index (κ3) is 4.93. The Bertz CT molecular complexity index is 734. The van der Waals surface area contributed by atoms with Crippen molar-refractivity contribution in [3.63, 3.8) is 0 Å². The average Bonchev–Trinajstić information content (AvgIpc) is 2.84. The smallest absolute Gasteiger partial charge is 0.233 e. The van der Waals surface area contributed by atoms with Crippen molar-refractivity contribution < 1.29 is 9.84 Å². The van der Waals surface area contributed by atoms with E-state index in [-0.39, 0.29) is 28.8 Å². The first kappa shape index (κ1) is 22.3. The molecular weight excluding hydrogens is 400 g/mol. The molecule has 3 fully saturated rings. The lowest BCUT2D eigenvalue weighted by molar-refractivity contribution is 0.0453. The van der Waals surface area contributed by atoms with Crippen LogP contribution in [0.2, 0.25) is 5.15 Å². The van der Waals surface area contributed by atoms with Gasteiger partial charge >= 0.3 is 0 Å². The Kier molecular flexibility index (Phi) is 6.33. The van der Waals surface area contributed by atoms with Crippen LogP contribution in [0.15, 0.2) is 12.1 Å². The molecule has 2 bridgehead atoms. The number of aliphatic hydroxyl groups is 1. The first-order chi connectivity index (χ1) is 14.2. The number of nitrogens with one attached hydrogen (secondary N) is 2. The fraction of sp³-hybridized carbons (Fsp3) is 0.826. The van der Waals surface area contributed by atoms with Gasteiger partial charge in [-0.2, -0.15) is 0 Å². The van der Waals surface area contributed by atoms with Crippen LogP contribution in [-0.2, 0) is 0 Å². The Hall–Kier alpha value is -0.950. The van der Waals surface area contributed by atoms with Crippen molar-refractivity contribution in [2.24, 2.45) is 5.92 Å². The number of aliphatic hydroxyl groups excluding tert-OH is 1. The zero-order chi connectivity index (χ0) is 21.4. The van der Waals surface area contributed by atoms with Gasteiger partial charge in [-0.1, -0.05) is 18.5 Å². The largest absolute Gasteiger partial charge is 0.473 e. The highest BCUT2D eigenvalue weighted by Crippen LogP contribution is 2.46. The van der Waals surface area contributed by atoms with Gasteiger partial charge in [-0.05, 0) is 83.7 Å². The van der Waals surface area contributed by atoms with E-state index >= 15 is 0 Å². The third-order valence-electron chi connectivity index (χ3n) is 7.94. The van der Waals surface area contributed by atoms with E-state index in [9.17, 15) is 5.11 Å². The lowest BCUT2D eigenvalue weighted by Gasteiger charge is -2.44. The van der Waals surface area contributed by atoms with Crippen molar-refractivity contribution in [3.8, 4) is 5.88 Å². The van der Waals surface area contributed by atoms with Crippen LogP contribution in [0.25, 0.3) is 0 Å². The van der Waals surface area contributed by atoms with E-state index in [4.69, 9.17) is 16.3 Å². The van der Waals surface area contributed by atoms with Crippen molar-refractivity contribution in [2.45, 2.75) is 107 Å². The second-order valence-corrected chi connectivity index (χ2v) is 11.0. The van der Waals surface area contributed by atoms with Crippen molar-refractivity contribution in [3.05, 3.63) is 17.3 Å². The van der Waals surface area contributed by atoms with E-state index in [0.29, 0.717) is 17.0 Å². The Labute approximate surface area is 185 Å². The number of piperidine rings is 1. The molecule has 168 valence electrons. The van der Waals surface area contributed by atoms with Crippen LogP contribution in [0.1, 0.15) is 78.1 Å². The number of rotatable bonds is 6. The Morgan fingerprint density at radius 1 is 1.20 bits per heavy atom. The molecule has 4 rings (SSSR count). The van der Waals surface area contributed by atoms with E-state index in [1.807, 2.05) is 0 Å². The molecule has 1 aliphatic carbocycles. The molecule has 6 nitrogen and oxygen atoms in total. The molecule has 1 aromatic rings. The molecule has 2 aliphatic heterocycles. The SMILES string of the molecule is CN[C@@]1(CCC23CCC(C)(CC(O)C2)N3)CC[C@H](C)C[C@@H](Oc2ccc(Cl)nn2)C1. The van der Waals surface area contributed by atoms with Crippen LogP contribution >= 0.6 is 11.6 Å². The maximum Gasteiger partial charge on any atom is 0.233 e. The normalized spacial score (nSPS) is 41.4. The Balaban J connectivity index is 1.46. The number of fused-ring (bicyclic) bond motifs is 2. The van der Waals surface area contributed by atoms with E-state index in [1.54, 1.807) is 12.1 Å². The fourth-order valence-electron chi connectivity index (χ4n) is 6.31. The third-order valence-corrected chi connectivity index (χ3v) is 8.14. The first-order valence-corrected chi connectivity index (χ1v) is 11.9. The zero-order valence-electron chi connectivity index (χ0n) is 18.6. The van der Waals surface area contributed by atoms with Gasteiger partial charge in [0.1, 0.15) is 6.10 Å². The van der Waals surface area contributed by atoms with E-state index in [1.165, 1.54) is 6.42 Å². The zero-order valence-corrected chi connectivity index (χ0v) is 19.3. The van der Waals surface area contributed by atoms with Crippen LogP contribution < -0.4 is 15.4 Å². The number of hydrogen-bond acceptors (Lipinski definition) is 6. The summed E-state index contributed by atoms with van der Waals surface area (Å²) in [6, 6.07) is 3.53. The van der Waals surface area contributed by atoms with Crippen molar-refractivity contribution >= 4 is 11.6 Å². The predicted octanol–water partition coefficient (Wildman–Crippen LogP) is 3.86. The Morgan fingerprint density at radius 3 is 2.77 bits per heavy atom. The summed E-state index contributed by atoms with van der Waals surface area (Å²) in [5.74, 6) is 1.15. The van der Waals surface area contributed by atoms with Gasteiger partial charge in [-0.25, -0.2) is 0 Å². The molecule has 3 N–H and O–H groups in total. The molecule has 1 saturated carbocycles. The van der Waals surface area contributed by atoms with Crippen LogP contribution in [0, 0.1) is 5.92 Å². The summed E-state index contributed by atoms with van der Waals surface area (Å²) in [7, 11) is 2.09. The highest BCUT2D eigenvalue weighted by atomic mass is 35.5. The van der Waals surface area contributed by atoms with E-state index in [0.717, 1.165) is 57.8 Å². The molecule has 6 atom stereocenters. The molecule has 1 aromatic heterocycles. The fourth-order valence-corrected chi connectivity index (χ4v) is 6.42. The summed E-state index contributed by atoms with van der Waals surface area (Å²) in [6.45, 7) is 4.59. The minimum Gasteiger partial charge on any atom is -0.473 e. The standard InChI is InChI=1S/C23H37ClN4O2/c1-16-6-7-22(25-3,15-18(12-16)30-20-5-4-19(24)26-27-20)10-11-23-9-8-21(2,28-23)13-17(29)14-23/h4-5,16-18,25,28-29H,6-15H2,1-3H3/t16-,17?,18+,21?,22+,23?/m0/s1. The van der Waals surface area contributed by atoms with E-state index < -0.39 is 0 Å². The van der Waals surface area contributed by atoms with Gasteiger partial charge in [-0.3, -0.25) is 0 Å². The van der Waals surface area contributed by atoms with Crippen molar-refractivity contribution in [2.75, 3.05) is 7.05 Å². The number of aromatic nitrogens is 2. The molecule has 3 aliphatic rings. The predicted molar refractivity (Wildman–Crippen MR) is 119 cm³/mol. The molecule has 3 unspecified atom stereocenters. The number of halogens is 1. The van der Waals surface area contributed by atoms with Crippen molar-refractivity contribution in [1.29, 1.82) is 0 Å². The minimum absolute atomic E-state index is 0.0348. The van der Waals surface area contributed by atoms with Gasteiger partial charge in [0, 0.05) is 29.1 Å². The molecule has 7 heteroatoms. The summed E-state index contributed by atoms with van der Waals surface area (Å²) < 4.78 is 6.27. The van der Waals surface area contributed by atoms with Crippen LogP contribution in [0.5, 0.6) is 5.88 Å². The van der Waals surface area contributed by atoms with Gasteiger partial charge < -0.3 is 20.5 Å².